The third-order valence-electron chi connectivity index (χ3n) is 4.96. The average Bonchev–Trinajstić information content (AvgIpc) is 3.03. The second kappa shape index (κ2) is 8.62. The van der Waals surface area contributed by atoms with Crippen molar-refractivity contribution in [1.29, 1.82) is 0 Å². The van der Waals surface area contributed by atoms with Gasteiger partial charge in [0.2, 0.25) is 11.8 Å². The van der Waals surface area contributed by atoms with E-state index in [1.807, 2.05) is 11.0 Å². The zero-order valence-corrected chi connectivity index (χ0v) is 15.0. The van der Waals surface area contributed by atoms with Crippen molar-refractivity contribution >= 4 is 23.2 Å². The fraction of sp³-hybridized carbons (Fsp3) is 0.667. The minimum atomic E-state index is -0.334. The van der Waals surface area contributed by atoms with E-state index >= 15 is 0 Å². The Morgan fingerprint density at radius 3 is 2.62 bits per heavy atom. The Balaban J connectivity index is 1.62. The molecule has 2 aliphatic rings. The van der Waals surface area contributed by atoms with Gasteiger partial charge in [-0.2, -0.15) is 0 Å². The lowest BCUT2D eigenvalue weighted by Gasteiger charge is -2.35. The van der Waals surface area contributed by atoms with E-state index < -0.39 is 0 Å². The first-order valence-corrected chi connectivity index (χ1v) is 9.94. The Morgan fingerprint density at radius 1 is 1.17 bits per heavy atom. The van der Waals surface area contributed by atoms with Crippen molar-refractivity contribution < 1.29 is 9.59 Å². The van der Waals surface area contributed by atoms with E-state index in [1.165, 1.54) is 24.1 Å². The van der Waals surface area contributed by atoms with E-state index in [1.54, 1.807) is 11.3 Å². The zero-order chi connectivity index (χ0) is 16.8. The molecule has 0 bridgehead atoms. The number of amides is 2. The molecule has 0 saturated carbocycles. The summed E-state index contributed by atoms with van der Waals surface area (Å²) in [4.78, 5) is 30.5. The van der Waals surface area contributed by atoms with Crippen LogP contribution in [0, 0.1) is 0 Å². The molecule has 1 unspecified atom stereocenters. The van der Waals surface area contributed by atoms with Gasteiger partial charge in [-0.3, -0.25) is 14.5 Å². The third-order valence-corrected chi connectivity index (χ3v) is 5.82. The van der Waals surface area contributed by atoms with E-state index in [4.69, 9.17) is 0 Å². The lowest BCUT2D eigenvalue weighted by atomic mass is 10.1. The molecule has 0 radical (unpaired) electrons. The SMILES string of the molecule is O=C1NCCN(Cc2cccs2)C1CC(=O)N1CCCCCCC1. The molecule has 5 nitrogen and oxygen atoms in total. The van der Waals surface area contributed by atoms with Gasteiger partial charge in [-0.1, -0.05) is 25.3 Å². The molecule has 1 N–H and O–H groups in total. The zero-order valence-electron chi connectivity index (χ0n) is 14.2. The number of thiophene rings is 1. The smallest absolute Gasteiger partial charge is 0.237 e. The van der Waals surface area contributed by atoms with Crippen LogP contribution in [-0.4, -0.2) is 53.8 Å². The molecule has 1 atom stereocenters. The molecule has 1 aromatic rings. The van der Waals surface area contributed by atoms with Gasteiger partial charge >= 0.3 is 0 Å². The maximum absolute atomic E-state index is 12.7. The van der Waals surface area contributed by atoms with Gasteiger partial charge in [0.05, 0.1) is 12.5 Å². The minimum absolute atomic E-state index is 0.00167. The number of carbonyl (C=O) groups is 2. The number of hydrogen-bond acceptors (Lipinski definition) is 4. The molecule has 0 aliphatic carbocycles. The molecule has 132 valence electrons. The standard InChI is InChI=1S/C18H27N3O2S/c22-17(20-9-4-2-1-3-5-10-20)13-16-18(23)19-8-11-21(16)14-15-7-6-12-24-15/h6-7,12,16H,1-5,8-11,13-14H2,(H,19,23). The van der Waals surface area contributed by atoms with Gasteiger partial charge < -0.3 is 10.2 Å². The lowest BCUT2D eigenvalue weighted by molar-refractivity contribution is -0.139. The van der Waals surface area contributed by atoms with Gasteiger partial charge in [-0.25, -0.2) is 0 Å². The minimum Gasteiger partial charge on any atom is -0.353 e. The molecule has 2 saturated heterocycles. The summed E-state index contributed by atoms with van der Waals surface area (Å²) in [6.45, 7) is 3.92. The quantitative estimate of drug-likeness (QED) is 0.907. The highest BCUT2D eigenvalue weighted by molar-refractivity contribution is 7.09. The Morgan fingerprint density at radius 2 is 1.92 bits per heavy atom. The molecule has 3 heterocycles. The van der Waals surface area contributed by atoms with Crippen LogP contribution in [0.5, 0.6) is 0 Å². The monoisotopic (exact) mass is 349 g/mol. The Hall–Kier alpha value is -1.40. The van der Waals surface area contributed by atoms with Gasteiger partial charge in [0.1, 0.15) is 0 Å². The normalized spacial score (nSPS) is 23.4. The highest BCUT2D eigenvalue weighted by atomic mass is 32.1. The van der Waals surface area contributed by atoms with Crippen molar-refractivity contribution in [2.75, 3.05) is 26.2 Å². The van der Waals surface area contributed by atoms with Gasteiger partial charge in [-0.05, 0) is 24.3 Å². The predicted octanol–water partition coefficient (Wildman–Crippen LogP) is 2.23. The summed E-state index contributed by atoms with van der Waals surface area (Å²) in [7, 11) is 0. The summed E-state index contributed by atoms with van der Waals surface area (Å²) in [6.07, 6.45) is 6.16. The molecule has 0 aromatic carbocycles. The van der Waals surface area contributed by atoms with Crippen LogP contribution in [0.25, 0.3) is 0 Å². The Bertz CT molecular complexity index is 538. The fourth-order valence-electron chi connectivity index (χ4n) is 3.57. The average molecular weight is 350 g/mol. The number of hydrogen-bond donors (Lipinski definition) is 1. The van der Waals surface area contributed by atoms with Crippen molar-refractivity contribution in [3.05, 3.63) is 22.4 Å². The highest BCUT2D eigenvalue weighted by Crippen LogP contribution is 2.19. The van der Waals surface area contributed by atoms with Crippen molar-refractivity contribution in [3.8, 4) is 0 Å². The van der Waals surface area contributed by atoms with Gasteiger partial charge in [0.25, 0.3) is 0 Å². The van der Waals surface area contributed by atoms with Crippen LogP contribution in [0.3, 0.4) is 0 Å². The maximum atomic E-state index is 12.7. The van der Waals surface area contributed by atoms with Gasteiger partial charge in [-0.15, -0.1) is 11.3 Å². The summed E-state index contributed by atoms with van der Waals surface area (Å²) in [6, 6.07) is 3.79. The summed E-state index contributed by atoms with van der Waals surface area (Å²) in [5, 5.41) is 4.98. The van der Waals surface area contributed by atoms with Crippen LogP contribution in [0.2, 0.25) is 0 Å². The lowest BCUT2D eigenvalue weighted by Crippen LogP contribution is -2.56. The van der Waals surface area contributed by atoms with E-state index in [-0.39, 0.29) is 17.9 Å². The summed E-state index contributed by atoms with van der Waals surface area (Å²) >= 11 is 1.70. The first-order valence-electron chi connectivity index (χ1n) is 9.06. The van der Waals surface area contributed by atoms with Crippen molar-refractivity contribution in [1.82, 2.24) is 15.1 Å². The number of carbonyl (C=O) groups excluding carboxylic acids is 2. The Labute approximate surface area is 148 Å². The third kappa shape index (κ3) is 4.57. The van der Waals surface area contributed by atoms with E-state index in [0.717, 1.165) is 39.0 Å². The van der Waals surface area contributed by atoms with Crippen LogP contribution in [-0.2, 0) is 16.1 Å². The van der Waals surface area contributed by atoms with Crippen LogP contribution in [0.4, 0.5) is 0 Å². The molecular weight excluding hydrogens is 322 g/mol. The van der Waals surface area contributed by atoms with E-state index in [2.05, 4.69) is 21.7 Å². The second-order valence-electron chi connectivity index (χ2n) is 6.71. The second-order valence-corrected chi connectivity index (χ2v) is 7.74. The summed E-state index contributed by atoms with van der Waals surface area (Å²) < 4.78 is 0. The van der Waals surface area contributed by atoms with Gasteiger partial charge in [0.15, 0.2) is 0 Å². The molecule has 1 aromatic heterocycles. The maximum Gasteiger partial charge on any atom is 0.237 e. The fourth-order valence-corrected chi connectivity index (χ4v) is 4.30. The number of nitrogens with zero attached hydrogens (tertiary/aromatic N) is 2. The van der Waals surface area contributed by atoms with Crippen molar-refractivity contribution in [3.63, 3.8) is 0 Å². The van der Waals surface area contributed by atoms with E-state index in [9.17, 15) is 9.59 Å². The van der Waals surface area contributed by atoms with Crippen LogP contribution < -0.4 is 5.32 Å². The molecule has 2 amide bonds. The summed E-state index contributed by atoms with van der Waals surface area (Å²) in [5.74, 6) is 0.133. The molecule has 24 heavy (non-hydrogen) atoms. The van der Waals surface area contributed by atoms with Gasteiger partial charge in [0, 0.05) is 37.6 Å². The summed E-state index contributed by atoms with van der Waals surface area (Å²) in [5.41, 5.74) is 0. The molecule has 3 rings (SSSR count). The first-order chi connectivity index (χ1) is 11.7. The first kappa shape index (κ1) is 17.4. The van der Waals surface area contributed by atoms with Crippen molar-refractivity contribution in [2.45, 2.75) is 51.1 Å². The number of rotatable bonds is 4. The number of likely N-dealkylation sites (tertiary alicyclic amines) is 1. The molecule has 2 aliphatic heterocycles. The van der Waals surface area contributed by atoms with Crippen molar-refractivity contribution in [2.24, 2.45) is 0 Å². The molecular formula is C18H27N3O2S. The van der Waals surface area contributed by atoms with Crippen LogP contribution in [0.1, 0.15) is 43.4 Å². The number of piperazine rings is 1. The predicted molar refractivity (Wildman–Crippen MR) is 95.8 cm³/mol. The largest absolute Gasteiger partial charge is 0.353 e. The van der Waals surface area contributed by atoms with Crippen LogP contribution in [0.15, 0.2) is 17.5 Å². The molecule has 6 heteroatoms. The number of nitrogens with one attached hydrogen (secondary N) is 1. The molecule has 2 fully saturated rings. The Kier molecular flexibility index (Phi) is 6.26. The highest BCUT2D eigenvalue weighted by Gasteiger charge is 2.33. The topological polar surface area (TPSA) is 52.7 Å². The van der Waals surface area contributed by atoms with Crippen LogP contribution >= 0.6 is 11.3 Å². The molecule has 0 spiro atoms. The van der Waals surface area contributed by atoms with E-state index in [0.29, 0.717) is 13.0 Å².